The average molecular weight is 649 g/mol. The first-order valence-electron chi connectivity index (χ1n) is 17.6. The molecular weight excluding hydrogens is 605 g/mol. The molecule has 6 aromatic rings. The number of nitrogens with zero attached hydrogens (tertiary/aromatic N) is 2. The lowest BCUT2D eigenvalue weighted by Gasteiger charge is -2.35. The Bertz CT molecular complexity index is 2170. The van der Waals surface area contributed by atoms with Crippen LogP contribution in [0.3, 0.4) is 0 Å². The van der Waals surface area contributed by atoms with E-state index in [4.69, 9.17) is 0 Å². The van der Waals surface area contributed by atoms with Crippen LogP contribution >= 0.6 is 0 Å². The van der Waals surface area contributed by atoms with Crippen molar-refractivity contribution in [1.29, 1.82) is 0 Å². The molecule has 0 aromatic heterocycles. The maximum absolute atomic E-state index is 3.36. The predicted octanol–water partition coefficient (Wildman–Crippen LogP) is 13.2. The summed E-state index contributed by atoms with van der Waals surface area (Å²) in [4.78, 5) is 4.77. The third kappa shape index (κ3) is 7.11. The normalized spacial score (nSPS) is 14.8. The summed E-state index contributed by atoms with van der Waals surface area (Å²) in [5.41, 5.74) is 12.6. The van der Waals surface area contributed by atoms with Gasteiger partial charge in [-0.1, -0.05) is 127 Å². The second-order valence-electron chi connectivity index (χ2n) is 13.0. The number of benzene rings is 6. The summed E-state index contributed by atoms with van der Waals surface area (Å²) in [6.07, 6.45) is 14.5. The van der Waals surface area contributed by atoms with Crippen LogP contribution in [0.1, 0.15) is 26.2 Å². The Labute approximate surface area is 297 Å². The van der Waals surface area contributed by atoms with Gasteiger partial charge in [-0.25, -0.2) is 0 Å². The Morgan fingerprint density at radius 3 is 1.92 bits per heavy atom. The average Bonchev–Trinajstić information content (AvgIpc) is 3.19. The summed E-state index contributed by atoms with van der Waals surface area (Å²) < 4.78 is 0. The molecule has 2 nitrogen and oxygen atoms in total. The molecule has 1 atom stereocenters. The van der Waals surface area contributed by atoms with Gasteiger partial charge in [-0.15, -0.1) is 6.58 Å². The van der Waals surface area contributed by atoms with Crippen LogP contribution in [0.5, 0.6) is 0 Å². The first-order valence-corrected chi connectivity index (χ1v) is 17.6. The number of anilines is 4. The summed E-state index contributed by atoms with van der Waals surface area (Å²) in [7, 11) is 2.14. The first-order chi connectivity index (χ1) is 24.6. The van der Waals surface area contributed by atoms with Gasteiger partial charge in [0.1, 0.15) is 0 Å². The smallest absolute Gasteiger partial charge is 0.0565 e. The van der Waals surface area contributed by atoms with Gasteiger partial charge in [0.25, 0.3) is 0 Å². The van der Waals surface area contributed by atoms with E-state index in [1.165, 1.54) is 61.2 Å². The molecule has 2 heteroatoms. The zero-order valence-electron chi connectivity index (χ0n) is 29.0. The van der Waals surface area contributed by atoms with Gasteiger partial charge in [-0.05, 0) is 119 Å². The molecule has 0 spiro atoms. The van der Waals surface area contributed by atoms with Crippen molar-refractivity contribution >= 4 is 33.5 Å². The minimum absolute atomic E-state index is 0.249. The van der Waals surface area contributed by atoms with E-state index in [0.29, 0.717) is 0 Å². The second-order valence-corrected chi connectivity index (χ2v) is 13.0. The number of allylic oxidation sites excluding steroid dienone is 5. The molecule has 0 fully saturated rings. The van der Waals surface area contributed by atoms with Gasteiger partial charge in [0.2, 0.25) is 0 Å². The molecule has 0 bridgehead atoms. The molecule has 2 aliphatic carbocycles. The van der Waals surface area contributed by atoms with E-state index in [-0.39, 0.29) is 6.04 Å². The highest BCUT2D eigenvalue weighted by molar-refractivity contribution is 5.87. The molecule has 50 heavy (non-hydrogen) atoms. The third-order valence-electron chi connectivity index (χ3n) is 9.68. The quantitative estimate of drug-likeness (QED) is 0.159. The predicted molar refractivity (Wildman–Crippen MR) is 217 cm³/mol. The van der Waals surface area contributed by atoms with Crippen molar-refractivity contribution in [2.45, 2.75) is 32.2 Å². The highest BCUT2D eigenvalue weighted by Gasteiger charge is 2.24. The van der Waals surface area contributed by atoms with E-state index >= 15 is 0 Å². The lowest BCUT2D eigenvalue weighted by molar-refractivity contribution is 0.745. The van der Waals surface area contributed by atoms with Crippen LogP contribution < -0.4 is 9.80 Å². The first kappa shape index (κ1) is 32.7. The summed E-state index contributed by atoms with van der Waals surface area (Å²) >= 11 is 0. The van der Waals surface area contributed by atoms with Crippen LogP contribution in [0.15, 0.2) is 194 Å². The lowest BCUT2D eigenvalue weighted by atomic mass is 9.87. The van der Waals surface area contributed by atoms with Gasteiger partial charge in [0.15, 0.2) is 0 Å². The van der Waals surface area contributed by atoms with Crippen LogP contribution in [-0.2, 0) is 0 Å². The molecular formula is C48H44N2. The number of rotatable bonds is 7. The second kappa shape index (κ2) is 15.1. The van der Waals surface area contributed by atoms with Crippen molar-refractivity contribution in [3.63, 3.8) is 0 Å². The number of fused-ring (bicyclic) bond motifs is 1. The van der Waals surface area contributed by atoms with Gasteiger partial charge < -0.3 is 9.80 Å². The van der Waals surface area contributed by atoms with Crippen molar-refractivity contribution in [2.24, 2.45) is 0 Å². The van der Waals surface area contributed by atoms with Crippen molar-refractivity contribution < 1.29 is 0 Å². The van der Waals surface area contributed by atoms with Gasteiger partial charge in [0.05, 0.1) is 6.04 Å². The summed E-state index contributed by atoms with van der Waals surface area (Å²) in [6.45, 7) is 5.25. The van der Waals surface area contributed by atoms with E-state index in [2.05, 4.69) is 193 Å². The van der Waals surface area contributed by atoms with Crippen LogP contribution in [0.2, 0.25) is 0 Å². The lowest BCUT2D eigenvalue weighted by Crippen LogP contribution is -2.31. The Morgan fingerprint density at radius 1 is 0.560 bits per heavy atom. The van der Waals surface area contributed by atoms with E-state index in [9.17, 15) is 0 Å². The van der Waals surface area contributed by atoms with Crippen molar-refractivity contribution in [3.8, 4) is 22.3 Å². The molecule has 0 radical (unpaired) electrons. The SMILES string of the molecule is C=CC.CN(c1ccc(-c2ccc(N(c3ccc4ccccc4c3)C3C=CC4=C(C=CCC4)C3)cc2)cc1)c1cccc(-c2ccccc2)c1. The van der Waals surface area contributed by atoms with Crippen LogP contribution in [0.4, 0.5) is 22.7 Å². The Kier molecular flexibility index (Phi) is 9.89. The Morgan fingerprint density at radius 2 is 1.18 bits per heavy atom. The molecule has 8 rings (SSSR count). The minimum atomic E-state index is 0.249. The molecule has 0 aliphatic heterocycles. The number of hydrogen-bond acceptors (Lipinski definition) is 2. The standard InChI is InChI=1S/C45H38N2.C3H6/c1-46(43-17-9-16-40(30-43)33-10-3-2-4-11-33)41-24-18-36(19-25-41)37-20-26-42(27-21-37)47(44-28-22-34-12-5-7-14-38(34)31-44)45-29-23-35-13-6-8-15-39(35)32-45;1-3-2/h2-5,7-12,14-31,45H,6,13,32H2,1H3;3H,1H2,2H3. The van der Waals surface area contributed by atoms with Crippen molar-refractivity contribution in [1.82, 2.24) is 0 Å². The van der Waals surface area contributed by atoms with E-state index in [0.717, 1.165) is 24.9 Å². The maximum Gasteiger partial charge on any atom is 0.0565 e. The van der Waals surface area contributed by atoms with Crippen LogP contribution in [0, 0.1) is 0 Å². The maximum atomic E-state index is 3.36. The van der Waals surface area contributed by atoms with Gasteiger partial charge in [-0.2, -0.15) is 0 Å². The molecule has 0 amide bonds. The summed E-state index contributed by atoms with van der Waals surface area (Å²) in [5, 5.41) is 2.53. The van der Waals surface area contributed by atoms with E-state index in [1.54, 1.807) is 6.08 Å². The molecule has 0 heterocycles. The van der Waals surface area contributed by atoms with E-state index < -0.39 is 0 Å². The Hall–Kier alpha value is -5.86. The fourth-order valence-corrected chi connectivity index (χ4v) is 7.04. The fraction of sp³-hybridized carbons (Fsp3) is 0.125. The molecule has 2 aliphatic rings. The van der Waals surface area contributed by atoms with Gasteiger partial charge in [-0.3, -0.25) is 0 Å². The zero-order chi connectivity index (χ0) is 34.3. The fourth-order valence-electron chi connectivity index (χ4n) is 7.04. The Balaban J connectivity index is 0.00000126. The highest BCUT2D eigenvalue weighted by atomic mass is 15.2. The van der Waals surface area contributed by atoms with Gasteiger partial charge >= 0.3 is 0 Å². The van der Waals surface area contributed by atoms with Crippen molar-refractivity contribution in [2.75, 3.05) is 16.8 Å². The number of hydrogen-bond donors (Lipinski definition) is 0. The summed E-state index contributed by atoms with van der Waals surface area (Å²) in [6, 6.07) is 53.0. The summed E-state index contributed by atoms with van der Waals surface area (Å²) in [5.74, 6) is 0. The van der Waals surface area contributed by atoms with Crippen LogP contribution in [-0.4, -0.2) is 13.1 Å². The minimum Gasteiger partial charge on any atom is -0.345 e. The molecule has 0 saturated carbocycles. The van der Waals surface area contributed by atoms with Gasteiger partial charge in [0, 0.05) is 29.8 Å². The third-order valence-corrected chi connectivity index (χ3v) is 9.68. The van der Waals surface area contributed by atoms with Crippen molar-refractivity contribution in [3.05, 3.63) is 194 Å². The van der Waals surface area contributed by atoms with Crippen LogP contribution in [0.25, 0.3) is 33.0 Å². The highest BCUT2D eigenvalue weighted by Crippen LogP contribution is 2.38. The zero-order valence-corrected chi connectivity index (χ0v) is 29.0. The molecule has 246 valence electrons. The molecule has 0 N–H and O–H groups in total. The monoisotopic (exact) mass is 648 g/mol. The molecule has 0 saturated heterocycles. The topological polar surface area (TPSA) is 6.48 Å². The largest absolute Gasteiger partial charge is 0.345 e. The molecule has 6 aromatic carbocycles. The molecule has 1 unspecified atom stereocenters. The van der Waals surface area contributed by atoms with E-state index in [1.807, 2.05) is 6.92 Å².